The van der Waals surface area contributed by atoms with Crippen LogP contribution in [-0.4, -0.2) is 48.1 Å². The Hall–Kier alpha value is -0.650. The second-order valence-electron chi connectivity index (χ2n) is 6.36. The number of ether oxygens (including phenoxy) is 2. The first-order valence-corrected chi connectivity index (χ1v) is 8.65. The third kappa shape index (κ3) is 5.21. The summed E-state index contributed by atoms with van der Waals surface area (Å²) < 4.78 is 12.2. The second kappa shape index (κ2) is 9.48. The van der Waals surface area contributed by atoms with Crippen molar-refractivity contribution in [2.45, 2.75) is 90.8 Å². The van der Waals surface area contributed by atoms with Crippen molar-refractivity contribution in [3.8, 4) is 0 Å². The molecule has 5 unspecified atom stereocenters. The lowest BCUT2D eigenvalue weighted by Crippen LogP contribution is -2.58. The van der Waals surface area contributed by atoms with E-state index in [1.807, 2.05) is 0 Å². The van der Waals surface area contributed by atoms with Crippen LogP contribution in [-0.2, 0) is 14.3 Å². The molecule has 1 aliphatic heterocycles. The summed E-state index contributed by atoms with van der Waals surface area (Å²) in [5, 5.41) is 12.7. The molecule has 0 aromatic heterocycles. The highest BCUT2D eigenvalue weighted by atomic mass is 16.6. The number of aliphatic hydroxyl groups excluding tert-OH is 1. The van der Waals surface area contributed by atoms with E-state index in [0.29, 0.717) is 12.3 Å². The minimum absolute atomic E-state index is 0.0503. The summed E-state index contributed by atoms with van der Waals surface area (Å²) in [6.07, 6.45) is 3.13. The molecule has 1 amide bonds. The van der Waals surface area contributed by atoms with Crippen LogP contribution in [0, 0.1) is 5.92 Å². The van der Waals surface area contributed by atoms with E-state index in [2.05, 4.69) is 33.0 Å². The summed E-state index contributed by atoms with van der Waals surface area (Å²) in [5.41, 5.74) is 0. The van der Waals surface area contributed by atoms with Crippen LogP contribution in [0.25, 0.3) is 0 Å². The van der Waals surface area contributed by atoms with Crippen LogP contribution in [0.4, 0.5) is 0 Å². The van der Waals surface area contributed by atoms with Crippen LogP contribution in [0.1, 0.15) is 60.3 Å². The fourth-order valence-corrected chi connectivity index (χ4v) is 3.12. The van der Waals surface area contributed by atoms with E-state index in [9.17, 15) is 9.90 Å². The van der Waals surface area contributed by atoms with E-state index in [4.69, 9.17) is 9.47 Å². The zero-order chi connectivity index (χ0) is 16.7. The van der Waals surface area contributed by atoms with Gasteiger partial charge in [-0.05, 0) is 25.2 Å². The Kier molecular flexibility index (Phi) is 8.36. The first-order valence-electron chi connectivity index (χ1n) is 8.65. The highest BCUT2D eigenvalue weighted by Crippen LogP contribution is 2.29. The van der Waals surface area contributed by atoms with Gasteiger partial charge < -0.3 is 19.9 Å². The van der Waals surface area contributed by atoms with Gasteiger partial charge in [0.15, 0.2) is 0 Å². The van der Waals surface area contributed by atoms with Gasteiger partial charge in [-0.1, -0.05) is 34.1 Å². The lowest BCUT2D eigenvalue weighted by molar-refractivity contribution is -0.191. The van der Waals surface area contributed by atoms with Gasteiger partial charge in [-0.25, -0.2) is 0 Å². The zero-order valence-corrected chi connectivity index (χ0v) is 14.7. The molecule has 0 spiro atoms. The standard InChI is InChI=1S/C17H33NO4/c1-6-11(4)17-14(18-12(5)20)9-15(16(10-19)22-17)21-13(7-2)8-3/h11,13-17,19H,6-10H2,1-5H3,(H,18,20). The summed E-state index contributed by atoms with van der Waals surface area (Å²) in [6, 6.07) is -0.0605. The Labute approximate surface area is 134 Å². The lowest BCUT2D eigenvalue weighted by Gasteiger charge is -2.44. The van der Waals surface area contributed by atoms with Crippen LogP contribution >= 0.6 is 0 Å². The average Bonchev–Trinajstić information content (AvgIpc) is 2.51. The molecule has 0 bridgehead atoms. The highest BCUT2D eigenvalue weighted by molar-refractivity contribution is 5.73. The van der Waals surface area contributed by atoms with E-state index >= 15 is 0 Å². The first kappa shape index (κ1) is 19.4. The molecule has 0 saturated carbocycles. The van der Waals surface area contributed by atoms with E-state index < -0.39 is 0 Å². The fourth-order valence-electron chi connectivity index (χ4n) is 3.12. The summed E-state index contributed by atoms with van der Waals surface area (Å²) >= 11 is 0. The predicted octanol–water partition coefficient (Wildman–Crippen LogP) is 2.26. The second-order valence-corrected chi connectivity index (χ2v) is 6.36. The fraction of sp³-hybridized carbons (Fsp3) is 0.941. The molecule has 2 N–H and O–H groups in total. The number of carbonyl (C=O) groups excluding carboxylic acids is 1. The van der Waals surface area contributed by atoms with Gasteiger partial charge in [0.2, 0.25) is 5.91 Å². The molecule has 1 fully saturated rings. The Bertz CT molecular complexity index is 333. The Morgan fingerprint density at radius 3 is 2.41 bits per heavy atom. The average molecular weight is 315 g/mol. The van der Waals surface area contributed by atoms with Crippen LogP contribution in [0.5, 0.6) is 0 Å². The Morgan fingerprint density at radius 1 is 1.32 bits per heavy atom. The molecule has 1 heterocycles. The van der Waals surface area contributed by atoms with Crippen LogP contribution < -0.4 is 5.32 Å². The topological polar surface area (TPSA) is 67.8 Å². The quantitative estimate of drug-likeness (QED) is 0.721. The maximum atomic E-state index is 11.5. The monoisotopic (exact) mass is 315 g/mol. The number of amides is 1. The minimum atomic E-state index is -0.315. The largest absolute Gasteiger partial charge is 0.394 e. The molecular formula is C17H33NO4. The third-order valence-corrected chi connectivity index (χ3v) is 4.68. The number of rotatable bonds is 8. The maximum absolute atomic E-state index is 11.5. The lowest BCUT2D eigenvalue weighted by atomic mass is 9.87. The number of aliphatic hydroxyl groups is 1. The van der Waals surface area contributed by atoms with Gasteiger partial charge in [0.1, 0.15) is 6.10 Å². The van der Waals surface area contributed by atoms with Gasteiger partial charge >= 0.3 is 0 Å². The van der Waals surface area contributed by atoms with Gasteiger partial charge in [-0.2, -0.15) is 0 Å². The van der Waals surface area contributed by atoms with E-state index in [0.717, 1.165) is 19.3 Å². The molecule has 5 heteroatoms. The first-order chi connectivity index (χ1) is 10.5. The normalized spacial score (nSPS) is 30.3. The number of nitrogens with one attached hydrogen (secondary N) is 1. The molecule has 5 atom stereocenters. The van der Waals surface area contributed by atoms with Crippen LogP contribution in [0.3, 0.4) is 0 Å². The molecule has 0 radical (unpaired) electrons. The minimum Gasteiger partial charge on any atom is -0.394 e. The van der Waals surface area contributed by atoms with Gasteiger partial charge in [-0.15, -0.1) is 0 Å². The maximum Gasteiger partial charge on any atom is 0.217 e. The summed E-state index contributed by atoms with van der Waals surface area (Å²) in [4.78, 5) is 11.5. The molecule has 1 rings (SSSR count). The SMILES string of the molecule is CCC(CC)OC1CC(NC(C)=O)C(C(C)CC)OC1CO. The Balaban J connectivity index is 2.85. The summed E-state index contributed by atoms with van der Waals surface area (Å²) in [7, 11) is 0. The van der Waals surface area contributed by atoms with Gasteiger partial charge in [0.25, 0.3) is 0 Å². The van der Waals surface area contributed by atoms with Gasteiger partial charge in [0.05, 0.1) is 31.0 Å². The predicted molar refractivity (Wildman–Crippen MR) is 86.7 cm³/mol. The van der Waals surface area contributed by atoms with Crippen LogP contribution in [0.15, 0.2) is 0 Å². The molecule has 130 valence electrons. The summed E-state index contributed by atoms with van der Waals surface area (Å²) in [5.74, 6) is 0.269. The third-order valence-electron chi connectivity index (χ3n) is 4.68. The zero-order valence-electron chi connectivity index (χ0n) is 14.7. The molecule has 0 aliphatic carbocycles. The van der Waals surface area contributed by atoms with Crippen LogP contribution in [0.2, 0.25) is 0 Å². The van der Waals surface area contributed by atoms with Crippen molar-refractivity contribution in [3.63, 3.8) is 0 Å². The number of carbonyl (C=O) groups is 1. The molecule has 1 aliphatic rings. The van der Waals surface area contributed by atoms with Crippen molar-refractivity contribution in [2.75, 3.05) is 6.61 Å². The van der Waals surface area contributed by atoms with Crippen molar-refractivity contribution in [1.29, 1.82) is 0 Å². The van der Waals surface area contributed by atoms with E-state index in [1.54, 1.807) is 0 Å². The molecule has 22 heavy (non-hydrogen) atoms. The van der Waals surface area contributed by atoms with Crippen molar-refractivity contribution in [3.05, 3.63) is 0 Å². The molecule has 5 nitrogen and oxygen atoms in total. The van der Waals surface area contributed by atoms with Crippen molar-refractivity contribution < 1.29 is 19.4 Å². The van der Waals surface area contributed by atoms with E-state index in [1.165, 1.54) is 6.92 Å². The van der Waals surface area contributed by atoms with E-state index in [-0.39, 0.29) is 43.0 Å². The van der Waals surface area contributed by atoms with Crippen molar-refractivity contribution >= 4 is 5.91 Å². The molecule has 1 saturated heterocycles. The molecular weight excluding hydrogens is 282 g/mol. The number of hydrogen-bond acceptors (Lipinski definition) is 4. The smallest absolute Gasteiger partial charge is 0.217 e. The van der Waals surface area contributed by atoms with Gasteiger partial charge in [-0.3, -0.25) is 4.79 Å². The molecule has 0 aromatic rings. The summed E-state index contributed by atoms with van der Waals surface area (Å²) in [6.45, 7) is 9.90. The van der Waals surface area contributed by atoms with Gasteiger partial charge in [0, 0.05) is 6.92 Å². The van der Waals surface area contributed by atoms with Crippen molar-refractivity contribution in [1.82, 2.24) is 5.32 Å². The highest BCUT2D eigenvalue weighted by Gasteiger charge is 2.41. The molecule has 0 aromatic carbocycles. The Morgan fingerprint density at radius 2 is 1.95 bits per heavy atom. The van der Waals surface area contributed by atoms with Crippen molar-refractivity contribution in [2.24, 2.45) is 5.92 Å². The number of hydrogen-bond donors (Lipinski definition) is 2.